The van der Waals surface area contributed by atoms with Crippen LogP contribution in [0, 0.1) is 23.7 Å². The quantitative estimate of drug-likeness (QED) is 0.298. The van der Waals surface area contributed by atoms with Crippen molar-refractivity contribution in [1.29, 1.82) is 0 Å². The second-order valence-electron chi connectivity index (χ2n) is 14.5. The number of hydrogen-bond donors (Lipinski definition) is 0. The Morgan fingerprint density at radius 1 is 1.02 bits per heavy atom. The lowest BCUT2D eigenvalue weighted by Crippen LogP contribution is -2.61. The van der Waals surface area contributed by atoms with Gasteiger partial charge in [0, 0.05) is 38.7 Å². The number of carbonyl (C=O) groups is 5. The van der Waals surface area contributed by atoms with Gasteiger partial charge in [-0.2, -0.15) is 5.11 Å². The van der Waals surface area contributed by atoms with Gasteiger partial charge in [-0.15, -0.1) is 0 Å². The van der Waals surface area contributed by atoms with Crippen molar-refractivity contribution in [1.82, 2.24) is 9.91 Å². The Morgan fingerprint density at radius 2 is 1.65 bits per heavy atom. The Morgan fingerprint density at radius 3 is 2.17 bits per heavy atom. The van der Waals surface area contributed by atoms with Gasteiger partial charge in [0.2, 0.25) is 5.91 Å². The molecule has 0 N–H and O–H groups in total. The zero-order valence-corrected chi connectivity index (χ0v) is 30.8. The maximum Gasteiger partial charge on any atom is 0.316 e. The van der Waals surface area contributed by atoms with Gasteiger partial charge in [0.25, 0.3) is 0 Å². The van der Waals surface area contributed by atoms with E-state index in [4.69, 9.17) is 23.7 Å². The summed E-state index contributed by atoms with van der Waals surface area (Å²) in [5, 5.41) is 9.73. The summed E-state index contributed by atoms with van der Waals surface area (Å²) in [6.07, 6.45) is -3.20. The number of ketones is 2. The minimum absolute atomic E-state index is 0.112. The highest BCUT2D eigenvalue weighted by Crippen LogP contribution is 2.42. The molecule has 0 unspecified atom stereocenters. The van der Waals surface area contributed by atoms with Gasteiger partial charge in [0.15, 0.2) is 18.2 Å². The number of carbonyl (C=O) groups excluding carboxylic acids is 5. The second kappa shape index (κ2) is 15.4. The molecule has 0 aromatic carbocycles. The number of rotatable bonds is 6. The maximum absolute atomic E-state index is 14.3. The maximum atomic E-state index is 14.3. The van der Waals surface area contributed by atoms with Gasteiger partial charge in [0.05, 0.1) is 29.9 Å². The van der Waals surface area contributed by atoms with E-state index in [0.29, 0.717) is 12.8 Å². The molecule has 1 amide bonds. The van der Waals surface area contributed by atoms with Gasteiger partial charge in [-0.05, 0) is 61.1 Å². The predicted octanol–water partition coefficient (Wildman–Crippen LogP) is 3.54. The van der Waals surface area contributed by atoms with Crippen LogP contribution in [-0.2, 0) is 47.7 Å². The third-order valence-electron chi connectivity index (χ3n) is 10.5. The average molecular weight is 681 g/mol. The molecule has 14 heteroatoms. The van der Waals surface area contributed by atoms with E-state index in [1.54, 1.807) is 41.5 Å². The molecular weight excluding hydrogens is 624 g/mol. The van der Waals surface area contributed by atoms with E-state index < -0.39 is 89.1 Å². The van der Waals surface area contributed by atoms with Crippen LogP contribution < -0.4 is 0 Å². The molecule has 48 heavy (non-hydrogen) atoms. The van der Waals surface area contributed by atoms with Crippen LogP contribution in [0.4, 0.5) is 0 Å². The lowest BCUT2D eigenvalue weighted by atomic mass is 9.72. The highest BCUT2D eigenvalue weighted by atomic mass is 16.7. The number of hydrogen-bond acceptors (Lipinski definition) is 13. The largest absolute Gasteiger partial charge is 0.459 e. The van der Waals surface area contributed by atoms with Crippen LogP contribution in [0.3, 0.4) is 0 Å². The molecule has 3 heterocycles. The van der Waals surface area contributed by atoms with Gasteiger partial charge in [0.1, 0.15) is 23.3 Å². The predicted molar refractivity (Wildman–Crippen MR) is 173 cm³/mol. The minimum atomic E-state index is -1.28. The van der Waals surface area contributed by atoms with Crippen LogP contribution >= 0.6 is 0 Å². The fourth-order valence-electron chi connectivity index (χ4n) is 7.78. The van der Waals surface area contributed by atoms with Gasteiger partial charge in [-0.3, -0.25) is 24.0 Å². The van der Waals surface area contributed by atoms with Crippen LogP contribution in [0.15, 0.2) is 10.3 Å². The number of Topliss-reactive ketones (excluding diaryl/α,β-unsaturated/α-hetero) is 2. The van der Waals surface area contributed by atoms with Crippen molar-refractivity contribution in [2.45, 2.75) is 142 Å². The topological polar surface area (TPSA) is 163 Å². The molecule has 14 nitrogen and oxygen atoms in total. The van der Waals surface area contributed by atoms with E-state index in [9.17, 15) is 24.0 Å². The zero-order chi connectivity index (χ0) is 36.5. The summed E-state index contributed by atoms with van der Waals surface area (Å²) < 4.78 is 30.8. The van der Waals surface area contributed by atoms with Crippen molar-refractivity contribution in [2.24, 2.45) is 34.0 Å². The smallest absolute Gasteiger partial charge is 0.316 e. The normalized spacial score (nSPS) is 41.5. The highest BCUT2D eigenvalue weighted by Gasteiger charge is 2.57. The Labute approximate surface area is 284 Å². The van der Waals surface area contributed by atoms with E-state index in [-0.39, 0.29) is 24.3 Å². The van der Waals surface area contributed by atoms with Crippen molar-refractivity contribution >= 4 is 29.4 Å². The standard InChI is InChI=1S/C34H56N4O10/c1-14-25-34(10)29(38(22(7)39)36-35-34)19(4)26(41)17(2)16-33(9,44-13)30(20(5)27(42)21(6)31(43)47-25)48-32-28(46-23(8)40)24(37(11)12)15-18(3)45-32/h17-21,24-25,28-30,32H,14-16H2,1-13H3/t17-,18-,19+,20+,21-,24+,25-,28-,29-,30-,32+,33+,34-/m1/s1. The van der Waals surface area contributed by atoms with Gasteiger partial charge >= 0.3 is 11.9 Å². The lowest BCUT2D eigenvalue weighted by molar-refractivity contribution is -0.298. The summed E-state index contributed by atoms with van der Waals surface area (Å²) in [5.41, 5.74) is -2.53. The number of likely N-dealkylation sites (N-methyl/N-ethyl adjacent to an activating group) is 1. The lowest BCUT2D eigenvalue weighted by Gasteiger charge is -2.47. The molecule has 0 bridgehead atoms. The zero-order valence-electron chi connectivity index (χ0n) is 30.8. The summed E-state index contributed by atoms with van der Waals surface area (Å²) in [4.78, 5) is 69.1. The number of fused-ring (bicyclic) bond motifs is 1. The molecule has 0 saturated carbocycles. The first-order valence-corrected chi connectivity index (χ1v) is 16.9. The summed E-state index contributed by atoms with van der Waals surface area (Å²) in [7, 11) is 5.22. The third kappa shape index (κ3) is 7.81. The van der Waals surface area contributed by atoms with E-state index >= 15 is 0 Å². The fourth-order valence-corrected chi connectivity index (χ4v) is 7.78. The van der Waals surface area contributed by atoms with Crippen LogP contribution in [-0.4, -0.2) is 114 Å². The number of esters is 2. The molecule has 0 spiro atoms. The number of methoxy groups -OCH3 is 1. The Balaban J connectivity index is 2.16. The fraction of sp³-hybridized carbons (Fsp3) is 0.853. The van der Waals surface area contributed by atoms with Gasteiger partial charge in [-0.1, -0.05) is 32.9 Å². The van der Waals surface area contributed by atoms with Crippen LogP contribution in [0.25, 0.3) is 0 Å². The first kappa shape index (κ1) is 39.6. The first-order valence-electron chi connectivity index (χ1n) is 16.9. The van der Waals surface area contributed by atoms with E-state index in [1.807, 2.05) is 25.9 Å². The molecule has 272 valence electrons. The summed E-state index contributed by atoms with van der Waals surface area (Å²) in [6, 6.07) is -1.11. The Kier molecular flexibility index (Phi) is 12.7. The molecular formula is C34H56N4O10. The second-order valence-corrected chi connectivity index (χ2v) is 14.5. The number of ether oxygens (including phenoxy) is 5. The molecule has 2 fully saturated rings. The molecule has 0 aliphatic carbocycles. The monoisotopic (exact) mass is 680 g/mol. The van der Waals surface area contributed by atoms with Crippen LogP contribution in [0.2, 0.25) is 0 Å². The first-order chi connectivity index (χ1) is 22.2. The summed E-state index contributed by atoms with van der Waals surface area (Å²) in [6.45, 7) is 16.4. The number of cyclic esters (lactones) is 1. The van der Waals surface area contributed by atoms with Gasteiger partial charge < -0.3 is 28.6 Å². The van der Waals surface area contributed by atoms with E-state index in [2.05, 4.69) is 10.3 Å². The van der Waals surface area contributed by atoms with Crippen molar-refractivity contribution in [2.75, 3.05) is 21.2 Å². The molecule has 3 aliphatic rings. The molecule has 3 rings (SSSR count). The number of nitrogens with zero attached hydrogens (tertiary/aromatic N) is 4. The van der Waals surface area contributed by atoms with Crippen LogP contribution in [0.5, 0.6) is 0 Å². The molecule has 2 saturated heterocycles. The van der Waals surface area contributed by atoms with Gasteiger partial charge in [-0.25, -0.2) is 5.01 Å². The molecule has 0 aromatic rings. The SMILES string of the molecule is CC[C@H]1OC(=O)[C@H](C)C(=O)[C@H](C)[C@@H](O[C@@H]2O[C@H](C)C[C@H](N(C)C)[C@H]2OC(C)=O)[C@@](C)(OC)C[C@@H](C)C(=O)[C@H](C)[C@H]2N(C(C)=O)N=N[C@]12C. The van der Waals surface area contributed by atoms with Crippen molar-refractivity contribution in [3.63, 3.8) is 0 Å². The highest BCUT2D eigenvalue weighted by molar-refractivity contribution is 6.00. The average Bonchev–Trinajstić information content (AvgIpc) is 3.38. The summed E-state index contributed by atoms with van der Waals surface area (Å²) in [5.74, 6) is -5.95. The molecule has 3 aliphatic heterocycles. The van der Waals surface area contributed by atoms with E-state index in [1.165, 1.54) is 32.9 Å². The van der Waals surface area contributed by atoms with Crippen molar-refractivity contribution in [3.8, 4) is 0 Å². The van der Waals surface area contributed by atoms with E-state index in [0.717, 1.165) is 0 Å². The Bertz CT molecular complexity index is 1260. The van der Waals surface area contributed by atoms with Crippen molar-refractivity contribution in [3.05, 3.63) is 0 Å². The molecule has 0 aromatic heterocycles. The molecule has 13 atom stereocenters. The Hall–Kier alpha value is -2.81. The number of amides is 1. The molecule has 0 radical (unpaired) electrons. The van der Waals surface area contributed by atoms with Crippen LogP contribution in [0.1, 0.15) is 88.5 Å². The van der Waals surface area contributed by atoms with Crippen molar-refractivity contribution < 1.29 is 47.7 Å². The third-order valence-corrected chi connectivity index (χ3v) is 10.5. The minimum Gasteiger partial charge on any atom is -0.459 e. The summed E-state index contributed by atoms with van der Waals surface area (Å²) >= 11 is 0.